The number of Topliss-reactive ketones (excluding diaryl/α,β-unsaturated/α-hetero) is 2. The molecule has 3 rings (SSSR count). The molecule has 3 aliphatic rings. The molecule has 2 N–H and O–H groups in total. The van der Waals surface area contributed by atoms with Gasteiger partial charge in [-0.2, -0.15) is 0 Å². The van der Waals surface area contributed by atoms with E-state index in [0.717, 1.165) is 37.2 Å². The molecule has 0 radical (unpaired) electrons. The average molecular weight is 1120 g/mol. The molecule has 0 spiro atoms. The van der Waals surface area contributed by atoms with E-state index in [-0.39, 0.29) is 95.7 Å². The number of methoxy groups -OCH3 is 2. The Balaban J connectivity index is 1.73. The zero-order chi connectivity index (χ0) is 59.0. The van der Waals surface area contributed by atoms with Crippen LogP contribution in [0.3, 0.4) is 0 Å². The molecule has 2 saturated heterocycles. The summed E-state index contributed by atoms with van der Waals surface area (Å²) in [5.74, 6) is -11.0. The zero-order valence-corrected chi connectivity index (χ0v) is 48.2. The number of hydrogen-bond donors (Lipinski definition) is 2. The number of allylic oxidation sites excluding steroid dienone is 4. The summed E-state index contributed by atoms with van der Waals surface area (Å²) in [6.07, 6.45) is 4.56. The van der Waals surface area contributed by atoms with Crippen molar-refractivity contribution in [3.05, 3.63) is 36.0 Å². The Morgan fingerprint density at radius 1 is 0.810 bits per heavy atom. The number of ketones is 2. The molecule has 1 aliphatic carbocycles. The van der Waals surface area contributed by atoms with Crippen molar-refractivity contribution in [2.75, 3.05) is 47.2 Å². The third-order valence-electron chi connectivity index (χ3n) is 15.0. The number of nitrogens with zero attached hydrogens (tertiary/aromatic N) is 1. The summed E-state index contributed by atoms with van der Waals surface area (Å²) in [5.41, 5.74) is 1.61. The summed E-state index contributed by atoms with van der Waals surface area (Å²) >= 11 is 0. The number of piperidine rings is 1. The fourth-order valence-electron chi connectivity index (χ4n) is 10.1. The molecule has 1 saturated carbocycles. The van der Waals surface area contributed by atoms with Gasteiger partial charge < -0.3 is 57.7 Å². The predicted octanol–water partition coefficient (Wildman–Crippen LogP) is 5.95. The Morgan fingerprint density at radius 3 is 2.09 bits per heavy atom. The van der Waals surface area contributed by atoms with Crippen molar-refractivity contribution >= 4 is 53.3 Å². The van der Waals surface area contributed by atoms with Crippen molar-refractivity contribution in [3.63, 3.8) is 0 Å². The van der Waals surface area contributed by atoms with E-state index in [2.05, 4.69) is 20.4 Å². The molecule has 12 atom stereocenters. The molecule has 3 fully saturated rings. The van der Waals surface area contributed by atoms with Gasteiger partial charge in [0, 0.05) is 65.2 Å². The number of ether oxygens (including phenoxy) is 9. The van der Waals surface area contributed by atoms with Gasteiger partial charge in [-0.25, -0.2) is 4.79 Å². The minimum Gasteiger partial charge on any atom is -0.466 e. The van der Waals surface area contributed by atoms with Crippen molar-refractivity contribution < 1.29 is 96.0 Å². The number of aliphatic hydroxyl groups is 2. The molecule has 2 heterocycles. The van der Waals surface area contributed by atoms with Crippen LogP contribution in [0.5, 0.6) is 0 Å². The van der Waals surface area contributed by atoms with Crippen LogP contribution in [-0.4, -0.2) is 164 Å². The highest BCUT2D eigenvalue weighted by molar-refractivity contribution is 6.39. The highest BCUT2D eigenvalue weighted by Gasteiger charge is 2.52. The maximum Gasteiger partial charge on any atom is 0.329 e. The predicted molar refractivity (Wildman–Crippen MR) is 285 cm³/mol. The summed E-state index contributed by atoms with van der Waals surface area (Å²) in [6, 6.07) is -1.20. The van der Waals surface area contributed by atoms with E-state index in [1.165, 1.54) is 14.2 Å². The largest absolute Gasteiger partial charge is 0.466 e. The molecule has 0 aromatic heterocycles. The highest BCUT2D eigenvalue weighted by Crippen LogP contribution is 2.35. The van der Waals surface area contributed by atoms with Crippen LogP contribution in [0.15, 0.2) is 36.0 Å². The number of aliphatic hydroxyl groups excluding tert-OH is 1. The Hall–Kier alpha value is -5.35. The molecule has 79 heavy (non-hydrogen) atoms. The van der Waals surface area contributed by atoms with Crippen molar-refractivity contribution in [2.24, 2.45) is 29.6 Å². The van der Waals surface area contributed by atoms with Gasteiger partial charge in [-0.05, 0) is 95.5 Å². The molecule has 2 aliphatic heterocycles. The number of carbonyl (C=O) groups excluding carboxylic acids is 9. The van der Waals surface area contributed by atoms with Crippen LogP contribution in [0.4, 0.5) is 0 Å². The lowest BCUT2D eigenvalue weighted by Gasteiger charge is -2.41. The van der Waals surface area contributed by atoms with E-state index in [4.69, 9.17) is 42.6 Å². The third-order valence-corrected chi connectivity index (χ3v) is 15.0. The lowest BCUT2D eigenvalue weighted by Crippen LogP contribution is -2.61. The monoisotopic (exact) mass is 1120 g/mol. The number of carbonyl (C=O) groups is 9. The highest BCUT2D eigenvalue weighted by atomic mass is 16.6. The third kappa shape index (κ3) is 22.3. The Bertz CT molecular complexity index is 2120. The first kappa shape index (κ1) is 67.9. The van der Waals surface area contributed by atoms with Crippen LogP contribution >= 0.6 is 0 Å². The Kier molecular flexibility index (Phi) is 29.3. The van der Waals surface area contributed by atoms with Crippen molar-refractivity contribution in [1.29, 1.82) is 0 Å². The maximum absolute atomic E-state index is 14.5. The van der Waals surface area contributed by atoms with Gasteiger partial charge in [0.25, 0.3) is 11.7 Å². The van der Waals surface area contributed by atoms with Crippen LogP contribution in [0.2, 0.25) is 0 Å². The molecule has 1 amide bonds. The summed E-state index contributed by atoms with van der Waals surface area (Å²) < 4.78 is 48.9. The molecule has 0 bridgehead atoms. The maximum atomic E-state index is 14.5. The van der Waals surface area contributed by atoms with Crippen molar-refractivity contribution in [3.8, 4) is 0 Å². The molecule has 0 aromatic rings. The molecule has 21 nitrogen and oxygen atoms in total. The lowest BCUT2D eigenvalue weighted by molar-refractivity contribution is -0.258. The molecule has 21 heteroatoms. The summed E-state index contributed by atoms with van der Waals surface area (Å²) in [6.45, 7) is 16.6. The quantitative estimate of drug-likeness (QED) is 0.0259. The summed E-state index contributed by atoms with van der Waals surface area (Å²) in [5, 5.41) is 23.3. The van der Waals surface area contributed by atoms with E-state index in [9.17, 15) is 53.4 Å². The second-order valence-electron chi connectivity index (χ2n) is 21.5. The minimum atomic E-state index is -2.42. The van der Waals surface area contributed by atoms with E-state index < -0.39 is 108 Å². The number of hydrogen-bond acceptors (Lipinski definition) is 20. The standard InChI is InChI=1S/C58H89NO20/c1-12-17-43(27-36(4)26-35(3)13-2)48(63)31-47(62)39(7)54(79-57(69)46-18-14-15-24-59(46)56(68)55(67)58(70)38(6)29-44(71-10)34-76-58)37(5)28-42-20-21-49(50(30-42)72-11)78-52(65)19-16-25-73-51(64)22-23-53(66)77-45(32-74-40(8)60)33-75-41(9)61/h12,27-28,35,38-39,42-47,49-50,54,62,70H,1,13-26,29-34H2,2-11H3/b36-27+,37-28+/t35-,38-,39-,42?,43-,44+,46+,47+,49-,50-,54-,58-/m1/s1. The van der Waals surface area contributed by atoms with Gasteiger partial charge in [0.1, 0.15) is 37.2 Å². The summed E-state index contributed by atoms with van der Waals surface area (Å²) in [4.78, 5) is 117. The van der Waals surface area contributed by atoms with E-state index in [1.54, 1.807) is 26.8 Å². The molecule has 0 aromatic carbocycles. The fourth-order valence-corrected chi connectivity index (χ4v) is 10.1. The second-order valence-corrected chi connectivity index (χ2v) is 21.5. The Labute approximate surface area is 465 Å². The zero-order valence-electron chi connectivity index (χ0n) is 48.2. The second kappa shape index (κ2) is 34.1. The molecular formula is C58H89NO20. The van der Waals surface area contributed by atoms with Gasteiger partial charge in [0.2, 0.25) is 5.79 Å². The van der Waals surface area contributed by atoms with Crippen molar-refractivity contribution in [1.82, 2.24) is 4.90 Å². The van der Waals surface area contributed by atoms with Gasteiger partial charge in [0.05, 0.1) is 44.4 Å². The molecule has 1 unspecified atom stereocenters. The van der Waals surface area contributed by atoms with E-state index >= 15 is 0 Å². The number of esters is 6. The fraction of sp³-hybridized carbons (Fsp3) is 0.741. The SMILES string of the molecule is C=CC[C@H](/C=C(\C)C[C@H](C)CC)C(=O)C[C@H](O)[C@@H](C)[C@H](OC(=O)[C@@H]1CCCCN1C(=O)C(=O)[C@]1(O)OC[C@@H](OC)C[C@H]1C)/C(C)=C/C1CC[C@@H](OC(=O)CCCOC(=O)CCC(=O)OC(COC(C)=O)COC(C)=O)[C@H](OC)C1. The average Bonchev–Trinajstić information content (AvgIpc) is 3.43. The number of rotatable bonds is 32. The van der Waals surface area contributed by atoms with Gasteiger partial charge in [-0.15, -0.1) is 6.58 Å². The van der Waals surface area contributed by atoms with Crippen molar-refractivity contribution in [2.45, 2.75) is 200 Å². The topological polar surface area (TPSA) is 280 Å². The smallest absolute Gasteiger partial charge is 0.329 e. The lowest BCUT2D eigenvalue weighted by atomic mass is 9.81. The van der Waals surface area contributed by atoms with Crippen LogP contribution in [0.25, 0.3) is 0 Å². The first-order valence-electron chi connectivity index (χ1n) is 27.8. The summed E-state index contributed by atoms with van der Waals surface area (Å²) in [7, 11) is 2.98. The number of amides is 1. The van der Waals surface area contributed by atoms with E-state index in [0.29, 0.717) is 50.0 Å². The first-order chi connectivity index (χ1) is 37.4. The minimum absolute atomic E-state index is 0.0435. The van der Waals surface area contributed by atoms with Gasteiger partial charge in [-0.1, -0.05) is 57.9 Å². The first-order valence-corrected chi connectivity index (χ1v) is 27.8. The van der Waals surface area contributed by atoms with Gasteiger partial charge in [0.15, 0.2) is 6.10 Å². The molecular weight excluding hydrogens is 1030 g/mol. The van der Waals surface area contributed by atoms with Gasteiger partial charge in [-0.3, -0.25) is 38.4 Å². The van der Waals surface area contributed by atoms with Crippen LogP contribution in [0.1, 0.15) is 152 Å². The number of likely N-dealkylation sites (tertiary alicyclic amines) is 1. The van der Waals surface area contributed by atoms with Crippen LogP contribution in [0, 0.1) is 29.6 Å². The van der Waals surface area contributed by atoms with Crippen LogP contribution < -0.4 is 0 Å². The van der Waals surface area contributed by atoms with Crippen LogP contribution in [-0.2, 0) is 85.8 Å². The van der Waals surface area contributed by atoms with Gasteiger partial charge >= 0.3 is 35.8 Å². The Morgan fingerprint density at radius 2 is 1.48 bits per heavy atom. The molecule has 446 valence electrons. The normalized spacial score (nSPS) is 24.6. The van der Waals surface area contributed by atoms with E-state index in [1.807, 2.05) is 19.1 Å².